The molecule has 0 saturated carbocycles. The highest BCUT2D eigenvalue weighted by Crippen LogP contribution is 2.05. The lowest BCUT2D eigenvalue weighted by molar-refractivity contribution is 0.0953. The van der Waals surface area contributed by atoms with Gasteiger partial charge in [-0.15, -0.1) is 24.0 Å². The van der Waals surface area contributed by atoms with Gasteiger partial charge in [0, 0.05) is 50.6 Å². The predicted molar refractivity (Wildman–Crippen MR) is 121 cm³/mol. The van der Waals surface area contributed by atoms with E-state index in [0.29, 0.717) is 18.7 Å². The van der Waals surface area contributed by atoms with Crippen molar-refractivity contribution in [3.8, 4) is 0 Å². The van der Waals surface area contributed by atoms with Crippen LogP contribution in [0.3, 0.4) is 0 Å². The monoisotopic (exact) mass is 481 g/mol. The third-order valence-corrected chi connectivity index (χ3v) is 3.81. The Labute approximate surface area is 178 Å². The zero-order valence-corrected chi connectivity index (χ0v) is 18.2. The maximum Gasteiger partial charge on any atom is 0.251 e. The number of hydrogen-bond donors (Lipinski definition) is 3. The maximum atomic E-state index is 12.1. The number of pyridine rings is 1. The van der Waals surface area contributed by atoms with Crippen LogP contribution in [0.15, 0.2) is 53.7 Å². The second-order valence-electron chi connectivity index (χ2n) is 5.88. The third-order valence-electron chi connectivity index (χ3n) is 3.81. The molecule has 0 spiro atoms. The Morgan fingerprint density at radius 3 is 2.63 bits per heavy atom. The van der Waals surface area contributed by atoms with Crippen molar-refractivity contribution >= 4 is 35.8 Å². The summed E-state index contributed by atoms with van der Waals surface area (Å²) in [5.74, 6) is 0.688. The van der Waals surface area contributed by atoms with Gasteiger partial charge in [0.15, 0.2) is 5.96 Å². The highest BCUT2D eigenvalue weighted by atomic mass is 127. The standard InChI is InChI=1S/C20H27N5O.HI/c1-3-11-23-19(26)17-8-6-7-16(14-17)15-25-20(21-2)24-13-10-18-9-4-5-12-22-18;/h4-9,12,14H,3,10-11,13,15H2,1-2H3,(H,23,26)(H2,21,24,25);1H. The SMILES string of the molecule is CCCNC(=O)c1cccc(CNC(=NC)NCCc2ccccn2)c1.I. The summed E-state index contributed by atoms with van der Waals surface area (Å²) in [6, 6.07) is 13.5. The Bertz CT molecular complexity index is 721. The molecule has 6 nitrogen and oxygen atoms in total. The molecule has 1 heterocycles. The topological polar surface area (TPSA) is 78.4 Å². The van der Waals surface area contributed by atoms with Gasteiger partial charge in [-0.05, 0) is 36.2 Å². The Balaban J connectivity index is 0.00000364. The van der Waals surface area contributed by atoms with Gasteiger partial charge in [-0.2, -0.15) is 0 Å². The van der Waals surface area contributed by atoms with Crippen LogP contribution in [0.25, 0.3) is 0 Å². The number of nitrogens with one attached hydrogen (secondary N) is 3. The molecule has 0 aliphatic heterocycles. The van der Waals surface area contributed by atoms with Crippen molar-refractivity contribution in [2.75, 3.05) is 20.1 Å². The minimum Gasteiger partial charge on any atom is -0.356 e. The average Bonchev–Trinajstić information content (AvgIpc) is 2.69. The summed E-state index contributed by atoms with van der Waals surface area (Å²) >= 11 is 0. The molecule has 0 saturated heterocycles. The summed E-state index contributed by atoms with van der Waals surface area (Å²) in [6.07, 6.45) is 3.55. The van der Waals surface area contributed by atoms with E-state index >= 15 is 0 Å². The highest BCUT2D eigenvalue weighted by Gasteiger charge is 2.06. The summed E-state index contributed by atoms with van der Waals surface area (Å²) < 4.78 is 0. The first-order valence-electron chi connectivity index (χ1n) is 8.94. The van der Waals surface area contributed by atoms with Gasteiger partial charge in [-0.3, -0.25) is 14.8 Å². The normalized spacial score (nSPS) is 10.7. The summed E-state index contributed by atoms with van der Waals surface area (Å²) in [6.45, 7) is 4.07. The maximum absolute atomic E-state index is 12.1. The van der Waals surface area contributed by atoms with Gasteiger partial charge in [0.25, 0.3) is 5.91 Å². The van der Waals surface area contributed by atoms with Gasteiger partial charge in [0.05, 0.1) is 0 Å². The van der Waals surface area contributed by atoms with Crippen LogP contribution in [0.5, 0.6) is 0 Å². The Kier molecular flexibility index (Phi) is 11.1. The highest BCUT2D eigenvalue weighted by molar-refractivity contribution is 14.0. The molecule has 1 amide bonds. The number of hydrogen-bond acceptors (Lipinski definition) is 3. The number of guanidine groups is 1. The van der Waals surface area contributed by atoms with Crippen molar-refractivity contribution in [1.29, 1.82) is 0 Å². The van der Waals surface area contributed by atoms with E-state index in [0.717, 1.165) is 36.6 Å². The largest absolute Gasteiger partial charge is 0.356 e. The molecule has 1 aromatic carbocycles. The van der Waals surface area contributed by atoms with E-state index in [-0.39, 0.29) is 29.9 Å². The third kappa shape index (κ3) is 8.38. The van der Waals surface area contributed by atoms with Crippen molar-refractivity contribution in [1.82, 2.24) is 20.9 Å². The molecule has 0 atom stereocenters. The van der Waals surface area contributed by atoms with Crippen molar-refractivity contribution < 1.29 is 4.79 Å². The van der Waals surface area contributed by atoms with Crippen LogP contribution in [-0.4, -0.2) is 37.0 Å². The lowest BCUT2D eigenvalue weighted by Gasteiger charge is -2.12. The van der Waals surface area contributed by atoms with Crippen molar-refractivity contribution in [3.05, 3.63) is 65.5 Å². The quantitative estimate of drug-likeness (QED) is 0.308. The second kappa shape index (κ2) is 13.1. The van der Waals surface area contributed by atoms with Crippen LogP contribution in [-0.2, 0) is 13.0 Å². The molecule has 0 aliphatic carbocycles. The zero-order valence-electron chi connectivity index (χ0n) is 15.9. The summed E-state index contributed by atoms with van der Waals surface area (Å²) in [7, 11) is 1.74. The molecular formula is C20H28IN5O. The molecule has 1 aromatic heterocycles. The number of halogens is 1. The van der Waals surface area contributed by atoms with Gasteiger partial charge in [0.2, 0.25) is 0 Å². The number of aromatic nitrogens is 1. The summed E-state index contributed by atoms with van der Waals surface area (Å²) in [5, 5.41) is 9.44. The Morgan fingerprint density at radius 1 is 1.07 bits per heavy atom. The number of carbonyl (C=O) groups excluding carboxylic acids is 1. The van der Waals surface area contributed by atoms with Crippen LogP contribution < -0.4 is 16.0 Å². The molecular weight excluding hydrogens is 453 g/mol. The molecule has 27 heavy (non-hydrogen) atoms. The first-order valence-corrected chi connectivity index (χ1v) is 8.94. The number of nitrogens with zero attached hydrogens (tertiary/aromatic N) is 2. The average molecular weight is 481 g/mol. The van der Waals surface area contributed by atoms with E-state index in [1.807, 2.05) is 49.4 Å². The first-order chi connectivity index (χ1) is 12.7. The van der Waals surface area contributed by atoms with E-state index in [2.05, 4.69) is 25.9 Å². The minimum absolute atomic E-state index is 0. The van der Waals surface area contributed by atoms with E-state index < -0.39 is 0 Å². The number of benzene rings is 1. The molecule has 3 N–H and O–H groups in total. The molecule has 7 heteroatoms. The predicted octanol–water partition coefficient (Wildman–Crippen LogP) is 2.75. The second-order valence-corrected chi connectivity index (χ2v) is 5.88. The van der Waals surface area contributed by atoms with Crippen molar-refractivity contribution in [2.45, 2.75) is 26.3 Å². The van der Waals surface area contributed by atoms with Crippen molar-refractivity contribution in [3.63, 3.8) is 0 Å². The Morgan fingerprint density at radius 2 is 1.93 bits per heavy atom. The van der Waals surface area contributed by atoms with E-state index in [1.54, 1.807) is 13.2 Å². The van der Waals surface area contributed by atoms with Crippen LogP contribution in [0, 0.1) is 0 Å². The molecule has 2 aromatic rings. The lowest BCUT2D eigenvalue weighted by Crippen LogP contribution is -2.38. The smallest absolute Gasteiger partial charge is 0.251 e. The molecule has 2 rings (SSSR count). The van der Waals surface area contributed by atoms with Crippen molar-refractivity contribution in [2.24, 2.45) is 4.99 Å². The Hall–Kier alpha value is -2.16. The van der Waals surface area contributed by atoms with E-state index in [4.69, 9.17) is 0 Å². The molecule has 0 fully saturated rings. The number of aliphatic imine (C=N–C) groups is 1. The molecule has 146 valence electrons. The fourth-order valence-electron chi connectivity index (χ4n) is 2.42. The number of carbonyl (C=O) groups is 1. The van der Waals surface area contributed by atoms with E-state index in [9.17, 15) is 4.79 Å². The number of rotatable bonds is 8. The summed E-state index contributed by atoms with van der Waals surface area (Å²) in [4.78, 5) is 20.6. The molecule has 0 unspecified atom stereocenters. The van der Waals surface area contributed by atoms with Gasteiger partial charge < -0.3 is 16.0 Å². The van der Waals surface area contributed by atoms with Gasteiger partial charge >= 0.3 is 0 Å². The van der Waals surface area contributed by atoms with Crippen LogP contribution in [0.1, 0.15) is 35.0 Å². The fraction of sp³-hybridized carbons (Fsp3) is 0.350. The lowest BCUT2D eigenvalue weighted by atomic mass is 10.1. The number of amides is 1. The van der Waals surface area contributed by atoms with Crippen LogP contribution in [0.4, 0.5) is 0 Å². The van der Waals surface area contributed by atoms with Crippen LogP contribution >= 0.6 is 24.0 Å². The van der Waals surface area contributed by atoms with Gasteiger partial charge in [-0.25, -0.2) is 0 Å². The molecule has 0 radical (unpaired) electrons. The molecule has 0 aliphatic rings. The summed E-state index contributed by atoms with van der Waals surface area (Å²) in [5.41, 5.74) is 2.75. The van der Waals surface area contributed by atoms with Gasteiger partial charge in [0.1, 0.15) is 0 Å². The minimum atomic E-state index is -0.0356. The van der Waals surface area contributed by atoms with Crippen LogP contribution in [0.2, 0.25) is 0 Å². The first kappa shape index (κ1) is 22.9. The van der Waals surface area contributed by atoms with E-state index in [1.165, 1.54) is 0 Å². The zero-order chi connectivity index (χ0) is 18.6. The fourth-order valence-corrected chi connectivity index (χ4v) is 2.42. The van der Waals surface area contributed by atoms with Gasteiger partial charge in [-0.1, -0.05) is 25.1 Å². The molecule has 0 bridgehead atoms.